The number of hydrazone groups is 1. The van der Waals surface area contributed by atoms with Gasteiger partial charge in [0.15, 0.2) is 0 Å². The Bertz CT molecular complexity index is 1230. The minimum atomic E-state index is -4.21. The maximum absolute atomic E-state index is 14.5. The molecule has 1 amide bonds. The average molecular weight is 456 g/mol. The maximum Gasteiger partial charge on any atom is 0.264 e. The van der Waals surface area contributed by atoms with Crippen molar-refractivity contribution in [1.82, 2.24) is 5.43 Å². The number of nitrogens with zero attached hydrogens (tertiary/aromatic N) is 2. The minimum absolute atomic E-state index is 0.0564. The molecule has 3 rings (SSSR count). The molecule has 3 aromatic carbocycles. The van der Waals surface area contributed by atoms with E-state index in [0.717, 1.165) is 15.9 Å². The van der Waals surface area contributed by atoms with Crippen molar-refractivity contribution < 1.29 is 22.3 Å². The number of amides is 1. The molecule has 0 unspecified atom stereocenters. The van der Waals surface area contributed by atoms with Crippen molar-refractivity contribution in [3.63, 3.8) is 0 Å². The van der Waals surface area contributed by atoms with Gasteiger partial charge in [-0.1, -0.05) is 42.0 Å². The molecule has 1 N–H and O–H groups in total. The van der Waals surface area contributed by atoms with E-state index in [1.807, 2.05) is 6.92 Å². The first-order valence-corrected chi connectivity index (χ1v) is 11.0. The van der Waals surface area contributed by atoms with Crippen LogP contribution in [0.1, 0.15) is 11.1 Å². The molecule has 0 spiro atoms. The number of para-hydroxylation sites is 1. The molecule has 7 nitrogen and oxygen atoms in total. The zero-order valence-corrected chi connectivity index (χ0v) is 18.3. The first kappa shape index (κ1) is 23.0. The highest BCUT2D eigenvalue weighted by molar-refractivity contribution is 7.92. The summed E-state index contributed by atoms with van der Waals surface area (Å²) in [6, 6.07) is 18.4. The summed E-state index contributed by atoms with van der Waals surface area (Å²) >= 11 is 0. The van der Waals surface area contributed by atoms with Gasteiger partial charge < -0.3 is 4.74 Å². The Morgan fingerprint density at radius 1 is 1.09 bits per heavy atom. The first-order chi connectivity index (χ1) is 15.3. The van der Waals surface area contributed by atoms with Crippen LogP contribution in [0, 0.1) is 12.7 Å². The van der Waals surface area contributed by atoms with Gasteiger partial charge in [-0.15, -0.1) is 0 Å². The predicted molar refractivity (Wildman–Crippen MR) is 121 cm³/mol. The third kappa shape index (κ3) is 5.50. The number of sulfonamides is 1. The molecule has 0 radical (unpaired) electrons. The van der Waals surface area contributed by atoms with Crippen LogP contribution >= 0.6 is 0 Å². The lowest BCUT2D eigenvalue weighted by Crippen LogP contribution is -2.40. The van der Waals surface area contributed by atoms with Crippen molar-refractivity contribution in [2.75, 3.05) is 18.0 Å². The molecule has 0 atom stereocenters. The number of aryl methyl sites for hydroxylation is 1. The molecule has 0 aliphatic carbocycles. The lowest BCUT2D eigenvalue weighted by molar-refractivity contribution is -0.119. The number of halogens is 1. The topological polar surface area (TPSA) is 88.1 Å². The van der Waals surface area contributed by atoms with Crippen LogP contribution in [0.3, 0.4) is 0 Å². The summed E-state index contributed by atoms with van der Waals surface area (Å²) in [5, 5.41) is 3.86. The smallest absolute Gasteiger partial charge is 0.264 e. The Morgan fingerprint density at radius 2 is 1.81 bits per heavy atom. The molecule has 0 saturated heterocycles. The molecule has 0 aliphatic heterocycles. The second-order valence-corrected chi connectivity index (χ2v) is 8.71. The van der Waals surface area contributed by atoms with Crippen molar-refractivity contribution in [1.29, 1.82) is 0 Å². The fourth-order valence-corrected chi connectivity index (χ4v) is 4.29. The van der Waals surface area contributed by atoms with Gasteiger partial charge in [-0.05, 0) is 48.9 Å². The number of carbonyl (C=O) groups excluding carboxylic acids is 1. The predicted octanol–water partition coefficient (Wildman–Crippen LogP) is 3.49. The van der Waals surface area contributed by atoms with Crippen LogP contribution in [-0.4, -0.2) is 34.2 Å². The number of benzene rings is 3. The monoisotopic (exact) mass is 455 g/mol. The molecule has 0 bridgehead atoms. The molecular weight excluding hydrogens is 433 g/mol. The van der Waals surface area contributed by atoms with E-state index < -0.39 is 28.3 Å². The molecule has 0 heterocycles. The summed E-state index contributed by atoms with van der Waals surface area (Å²) in [5.41, 5.74) is 3.58. The van der Waals surface area contributed by atoms with E-state index in [0.29, 0.717) is 11.3 Å². The molecular formula is C23H22FN3O4S. The Labute approximate surface area is 186 Å². The minimum Gasteiger partial charge on any atom is -0.497 e. The number of rotatable bonds is 8. The molecule has 0 aliphatic rings. The average Bonchev–Trinajstić information content (AvgIpc) is 2.78. The van der Waals surface area contributed by atoms with Crippen LogP contribution < -0.4 is 14.5 Å². The largest absolute Gasteiger partial charge is 0.497 e. The lowest BCUT2D eigenvalue weighted by atomic mass is 10.2. The van der Waals surface area contributed by atoms with Gasteiger partial charge in [0, 0.05) is 0 Å². The van der Waals surface area contributed by atoms with Crippen LogP contribution in [0.25, 0.3) is 0 Å². The molecule has 3 aromatic rings. The van der Waals surface area contributed by atoms with Crippen molar-refractivity contribution in [2.45, 2.75) is 11.8 Å². The Morgan fingerprint density at radius 3 is 2.50 bits per heavy atom. The van der Waals surface area contributed by atoms with Gasteiger partial charge >= 0.3 is 0 Å². The number of anilines is 1. The molecule has 0 fully saturated rings. The SMILES string of the molecule is COc1cccc(/C=N/NC(=O)CN(c2ccccc2F)S(=O)(=O)c2ccc(C)cc2)c1. The quantitative estimate of drug-likeness (QED) is 0.416. The van der Waals surface area contributed by atoms with E-state index in [2.05, 4.69) is 10.5 Å². The fourth-order valence-electron chi connectivity index (χ4n) is 2.86. The summed E-state index contributed by atoms with van der Waals surface area (Å²) in [6.45, 7) is 1.16. The summed E-state index contributed by atoms with van der Waals surface area (Å²) < 4.78 is 46.8. The molecule has 9 heteroatoms. The van der Waals surface area contributed by atoms with Crippen LogP contribution in [-0.2, 0) is 14.8 Å². The summed E-state index contributed by atoms with van der Waals surface area (Å²) in [7, 11) is -2.68. The summed E-state index contributed by atoms with van der Waals surface area (Å²) in [4.78, 5) is 12.4. The lowest BCUT2D eigenvalue weighted by Gasteiger charge is -2.24. The summed E-state index contributed by atoms with van der Waals surface area (Å²) in [6.07, 6.45) is 1.39. The highest BCUT2D eigenvalue weighted by Crippen LogP contribution is 2.26. The van der Waals surface area contributed by atoms with Crippen LogP contribution in [0.5, 0.6) is 5.75 Å². The van der Waals surface area contributed by atoms with Crippen molar-refractivity contribution in [3.8, 4) is 5.75 Å². The van der Waals surface area contributed by atoms with Gasteiger partial charge in [-0.3, -0.25) is 9.10 Å². The van der Waals surface area contributed by atoms with E-state index in [1.165, 1.54) is 43.7 Å². The molecule has 0 saturated carbocycles. The van der Waals surface area contributed by atoms with Crippen LogP contribution in [0.4, 0.5) is 10.1 Å². The van der Waals surface area contributed by atoms with E-state index in [4.69, 9.17) is 4.74 Å². The van der Waals surface area contributed by atoms with Gasteiger partial charge in [0.05, 0.1) is 23.9 Å². The van der Waals surface area contributed by atoms with E-state index in [-0.39, 0.29) is 10.6 Å². The van der Waals surface area contributed by atoms with Crippen molar-refractivity contribution in [2.24, 2.45) is 5.10 Å². The normalized spacial score (nSPS) is 11.3. The van der Waals surface area contributed by atoms with E-state index in [1.54, 1.807) is 36.4 Å². The number of hydrogen-bond donors (Lipinski definition) is 1. The maximum atomic E-state index is 14.5. The van der Waals surface area contributed by atoms with Gasteiger partial charge in [0.1, 0.15) is 18.1 Å². The van der Waals surface area contributed by atoms with Gasteiger partial charge in [-0.2, -0.15) is 5.10 Å². The highest BCUT2D eigenvalue weighted by Gasteiger charge is 2.29. The van der Waals surface area contributed by atoms with E-state index >= 15 is 0 Å². The Hall–Kier alpha value is -3.72. The van der Waals surface area contributed by atoms with E-state index in [9.17, 15) is 17.6 Å². The zero-order chi connectivity index (χ0) is 23.1. The molecule has 32 heavy (non-hydrogen) atoms. The molecule has 0 aromatic heterocycles. The third-order valence-electron chi connectivity index (χ3n) is 4.51. The number of hydrogen-bond acceptors (Lipinski definition) is 5. The van der Waals surface area contributed by atoms with Gasteiger partial charge in [-0.25, -0.2) is 18.2 Å². The van der Waals surface area contributed by atoms with Crippen molar-refractivity contribution in [3.05, 3.63) is 89.7 Å². The fraction of sp³-hybridized carbons (Fsp3) is 0.130. The second-order valence-electron chi connectivity index (χ2n) is 6.85. The summed E-state index contributed by atoms with van der Waals surface area (Å²) in [5.74, 6) is -0.880. The number of carbonyl (C=O) groups is 1. The zero-order valence-electron chi connectivity index (χ0n) is 17.5. The van der Waals surface area contributed by atoms with Crippen LogP contribution in [0.15, 0.2) is 82.8 Å². The first-order valence-electron chi connectivity index (χ1n) is 9.61. The van der Waals surface area contributed by atoms with Gasteiger partial charge in [0.2, 0.25) is 0 Å². The third-order valence-corrected chi connectivity index (χ3v) is 6.29. The van der Waals surface area contributed by atoms with Gasteiger partial charge in [0.25, 0.3) is 15.9 Å². The number of nitrogens with one attached hydrogen (secondary N) is 1. The number of methoxy groups -OCH3 is 1. The van der Waals surface area contributed by atoms with Crippen LogP contribution in [0.2, 0.25) is 0 Å². The highest BCUT2D eigenvalue weighted by atomic mass is 32.2. The second kappa shape index (κ2) is 10.1. The number of ether oxygens (including phenoxy) is 1. The molecule has 166 valence electrons. The Kier molecular flexibility index (Phi) is 7.21. The standard InChI is InChI=1S/C23H22FN3O4S/c1-17-10-12-20(13-11-17)32(29,30)27(22-9-4-3-8-21(22)24)16-23(28)26-25-15-18-6-5-7-19(14-18)31-2/h3-15H,16H2,1-2H3,(H,26,28)/b25-15+. The van der Waals surface area contributed by atoms with Crippen molar-refractivity contribution >= 4 is 27.8 Å². The Balaban J connectivity index is 1.84.